The second kappa shape index (κ2) is 9.56. The summed E-state index contributed by atoms with van der Waals surface area (Å²) in [6.07, 6.45) is 0. The normalized spacial score (nSPS) is 11.4. The molecule has 0 aliphatic carbocycles. The van der Waals surface area contributed by atoms with Crippen molar-refractivity contribution in [2.45, 2.75) is 19.9 Å². The third kappa shape index (κ3) is 5.14. The van der Waals surface area contributed by atoms with Gasteiger partial charge in [-0.15, -0.1) is 0 Å². The van der Waals surface area contributed by atoms with Crippen molar-refractivity contribution in [3.05, 3.63) is 94.0 Å². The molecule has 0 bridgehead atoms. The zero-order valence-corrected chi connectivity index (χ0v) is 16.8. The van der Waals surface area contributed by atoms with E-state index < -0.39 is 16.9 Å². The van der Waals surface area contributed by atoms with Crippen LogP contribution in [0.15, 0.2) is 72.8 Å². The number of nitro benzene ring substituents is 1. The molecule has 3 rings (SSSR count). The van der Waals surface area contributed by atoms with E-state index in [0.717, 1.165) is 22.6 Å². The molecule has 0 saturated carbocycles. The van der Waals surface area contributed by atoms with Crippen LogP contribution >= 0.6 is 0 Å². The summed E-state index contributed by atoms with van der Waals surface area (Å²) in [5, 5.41) is 17.3. The van der Waals surface area contributed by atoms with E-state index in [1.807, 2.05) is 61.5 Å². The van der Waals surface area contributed by atoms with Crippen molar-refractivity contribution in [3.8, 4) is 5.75 Å². The number of rotatable bonds is 8. The van der Waals surface area contributed by atoms with E-state index in [2.05, 4.69) is 10.6 Å². The lowest BCUT2D eigenvalue weighted by Gasteiger charge is -2.20. The zero-order valence-electron chi connectivity index (χ0n) is 16.8. The fraction of sp³-hybridized carbons (Fsp3) is 0.174. The van der Waals surface area contributed by atoms with E-state index in [4.69, 9.17) is 4.74 Å². The summed E-state index contributed by atoms with van der Waals surface area (Å²) in [4.78, 5) is 24.0. The molecule has 0 aliphatic rings. The van der Waals surface area contributed by atoms with Crippen LogP contribution in [0.1, 0.15) is 24.1 Å². The number of anilines is 2. The lowest BCUT2D eigenvalue weighted by molar-refractivity contribution is -0.384. The van der Waals surface area contributed by atoms with Crippen molar-refractivity contribution in [3.63, 3.8) is 0 Å². The van der Waals surface area contributed by atoms with Crippen molar-refractivity contribution in [2.24, 2.45) is 0 Å². The summed E-state index contributed by atoms with van der Waals surface area (Å²) in [5.41, 5.74) is 2.22. The van der Waals surface area contributed by atoms with Crippen LogP contribution in [0.4, 0.5) is 17.1 Å². The molecule has 0 spiro atoms. The Morgan fingerprint density at radius 2 is 1.77 bits per heavy atom. The van der Waals surface area contributed by atoms with Crippen LogP contribution in [0.25, 0.3) is 0 Å². The Kier molecular flexibility index (Phi) is 6.64. The molecule has 0 radical (unpaired) electrons. The molecule has 1 atom stereocenters. The lowest BCUT2D eigenvalue weighted by Crippen LogP contribution is -2.27. The van der Waals surface area contributed by atoms with Crippen molar-refractivity contribution in [1.82, 2.24) is 0 Å². The maximum atomic E-state index is 13.1. The van der Waals surface area contributed by atoms with Crippen LogP contribution in [-0.2, 0) is 4.79 Å². The van der Waals surface area contributed by atoms with Gasteiger partial charge in [0.25, 0.3) is 11.6 Å². The fourth-order valence-corrected chi connectivity index (χ4v) is 3.03. The van der Waals surface area contributed by atoms with Crippen molar-refractivity contribution in [1.29, 1.82) is 0 Å². The Morgan fingerprint density at radius 3 is 2.40 bits per heavy atom. The van der Waals surface area contributed by atoms with Crippen LogP contribution < -0.4 is 15.4 Å². The number of amides is 1. The third-order valence-electron chi connectivity index (χ3n) is 4.48. The predicted octanol–water partition coefficient (Wildman–Crippen LogP) is 5.09. The van der Waals surface area contributed by atoms with E-state index in [0.29, 0.717) is 6.61 Å². The Morgan fingerprint density at radius 1 is 1.07 bits per heavy atom. The molecule has 0 aromatic heterocycles. The minimum Gasteiger partial charge on any atom is -0.494 e. The smallest absolute Gasteiger partial charge is 0.293 e. The molecule has 0 unspecified atom stereocenters. The van der Waals surface area contributed by atoms with E-state index in [1.54, 1.807) is 19.1 Å². The monoisotopic (exact) mass is 405 g/mol. The topological polar surface area (TPSA) is 93.5 Å². The van der Waals surface area contributed by atoms with E-state index in [9.17, 15) is 14.9 Å². The minimum absolute atomic E-state index is 0.142. The largest absolute Gasteiger partial charge is 0.494 e. The molecule has 7 nitrogen and oxygen atoms in total. The van der Waals surface area contributed by atoms with E-state index >= 15 is 0 Å². The highest BCUT2D eigenvalue weighted by atomic mass is 16.6. The first-order chi connectivity index (χ1) is 14.5. The molecule has 2 N–H and O–H groups in total. The molecule has 1 amide bonds. The van der Waals surface area contributed by atoms with Crippen LogP contribution in [0, 0.1) is 17.0 Å². The molecule has 0 saturated heterocycles. The maximum absolute atomic E-state index is 13.1. The summed E-state index contributed by atoms with van der Waals surface area (Å²) in [5.74, 6) is 0.334. The highest BCUT2D eigenvalue weighted by Crippen LogP contribution is 2.28. The highest BCUT2D eigenvalue weighted by molar-refractivity contribution is 5.99. The zero-order chi connectivity index (χ0) is 21.5. The second-order valence-electron chi connectivity index (χ2n) is 6.71. The van der Waals surface area contributed by atoms with Gasteiger partial charge in [-0.3, -0.25) is 14.9 Å². The summed E-state index contributed by atoms with van der Waals surface area (Å²) >= 11 is 0. The Labute approximate surface area is 174 Å². The van der Waals surface area contributed by atoms with E-state index in [1.165, 1.54) is 6.07 Å². The highest BCUT2D eigenvalue weighted by Gasteiger charge is 2.24. The van der Waals surface area contributed by atoms with Gasteiger partial charge in [0.05, 0.1) is 11.5 Å². The summed E-state index contributed by atoms with van der Waals surface area (Å²) in [6, 6.07) is 20.4. The van der Waals surface area contributed by atoms with Gasteiger partial charge in [0, 0.05) is 11.8 Å². The molecule has 30 heavy (non-hydrogen) atoms. The first-order valence-corrected chi connectivity index (χ1v) is 9.58. The molecule has 3 aromatic carbocycles. The van der Waals surface area contributed by atoms with Gasteiger partial charge in [-0.1, -0.05) is 36.4 Å². The van der Waals surface area contributed by atoms with Gasteiger partial charge < -0.3 is 15.4 Å². The summed E-state index contributed by atoms with van der Waals surface area (Å²) in [7, 11) is 0. The van der Waals surface area contributed by atoms with Gasteiger partial charge in [0.1, 0.15) is 17.5 Å². The summed E-state index contributed by atoms with van der Waals surface area (Å²) < 4.78 is 5.45. The van der Waals surface area contributed by atoms with Gasteiger partial charge in [-0.05, 0) is 55.3 Å². The SMILES string of the molecule is CCOc1ccc(N[C@@H](C(=O)Nc2ccc(C)cc2[N+](=O)[O-])c2ccccc2)cc1. The third-order valence-corrected chi connectivity index (χ3v) is 4.48. The van der Waals surface area contributed by atoms with Crippen molar-refractivity contribution < 1.29 is 14.5 Å². The molecule has 3 aromatic rings. The molecule has 7 heteroatoms. The number of hydrogen-bond acceptors (Lipinski definition) is 5. The van der Waals surface area contributed by atoms with E-state index in [-0.39, 0.29) is 11.4 Å². The maximum Gasteiger partial charge on any atom is 0.293 e. The molecular formula is C23H23N3O4. The average Bonchev–Trinajstić information content (AvgIpc) is 2.75. The van der Waals surface area contributed by atoms with Crippen LogP contribution in [-0.4, -0.2) is 17.4 Å². The summed E-state index contributed by atoms with van der Waals surface area (Å²) in [6.45, 7) is 4.24. The Hall–Kier alpha value is -3.87. The second-order valence-corrected chi connectivity index (χ2v) is 6.71. The number of hydrogen-bond donors (Lipinski definition) is 2. The van der Waals surface area contributed by atoms with Gasteiger partial charge in [-0.25, -0.2) is 0 Å². The minimum atomic E-state index is -0.745. The van der Waals surface area contributed by atoms with Gasteiger partial charge in [0.15, 0.2) is 0 Å². The number of nitrogens with zero attached hydrogens (tertiary/aromatic N) is 1. The van der Waals surface area contributed by atoms with Gasteiger partial charge >= 0.3 is 0 Å². The number of benzene rings is 3. The van der Waals surface area contributed by atoms with Crippen molar-refractivity contribution in [2.75, 3.05) is 17.2 Å². The number of aryl methyl sites for hydroxylation is 1. The first-order valence-electron chi connectivity index (χ1n) is 9.58. The quantitative estimate of drug-likeness (QED) is 0.402. The number of ether oxygens (including phenoxy) is 1. The lowest BCUT2D eigenvalue weighted by atomic mass is 10.1. The standard InChI is InChI=1S/C23H23N3O4/c1-3-30-19-12-10-18(11-13-19)24-22(17-7-5-4-6-8-17)23(27)25-20-14-9-16(2)15-21(20)26(28)29/h4-15,22,24H,3H2,1-2H3,(H,25,27)/t22-/m1/s1. The van der Waals surface area contributed by atoms with Gasteiger partial charge in [-0.2, -0.15) is 0 Å². The fourth-order valence-electron chi connectivity index (χ4n) is 3.03. The number of nitro groups is 1. The number of nitrogens with one attached hydrogen (secondary N) is 2. The number of carbonyl (C=O) groups excluding carboxylic acids is 1. The molecule has 0 aliphatic heterocycles. The van der Waals surface area contributed by atoms with Crippen molar-refractivity contribution >= 4 is 23.0 Å². The van der Waals surface area contributed by atoms with Gasteiger partial charge in [0.2, 0.25) is 0 Å². The molecule has 0 heterocycles. The van der Waals surface area contributed by atoms with Crippen LogP contribution in [0.2, 0.25) is 0 Å². The molecule has 154 valence electrons. The molecular weight excluding hydrogens is 382 g/mol. The predicted molar refractivity (Wildman–Crippen MR) is 117 cm³/mol. The molecule has 0 fully saturated rings. The Bertz CT molecular complexity index is 1020. The number of carbonyl (C=O) groups is 1. The van der Waals surface area contributed by atoms with Crippen LogP contribution in [0.3, 0.4) is 0 Å². The van der Waals surface area contributed by atoms with Crippen LogP contribution in [0.5, 0.6) is 5.75 Å². The Balaban J connectivity index is 1.87. The average molecular weight is 405 g/mol. The first kappa shape index (κ1) is 20.9.